The Morgan fingerprint density at radius 1 is 0.826 bits per heavy atom. The minimum Gasteiger partial charge on any atom is -0.308 e. The second-order valence-electron chi connectivity index (χ2n) is 4.80. The van der Waals surface area contributed by atoms with E-state index in [2.05, 4.69) is 6.58 Å². The van der Waals surface area contributed by atoms with Gasteiger partial charge in [-0.1, -0.05) is 12.5 Å². The van der Waals surface area contributed by atoms with Crippen LogP contribution in [0.5, 0.6) is 0 Å². The lowest BCUT2D eigenvalue weighted by atomic mass is 10.2. The van der Waals surface area contributed by atoms with Crippen LogP contribution in [-0.4, -0.2) is 31.8 Å². The highest BCUT2D eigenvalue weighted by atomic mass is 31.2. The zero-order chi connectivity index (χ0) is 17.8. The van der Waals surface area contributed by atoms with Crippen molar-refractivity contribution in [3.05, 3.63) is 12.7 Å². The van der Waals surface area contributed by atoms with Gasteiger partial charge in [0.25, 0.3) is 0 Å². The molecule has 0 aromatic rings. The average Bonchev–Trinajstić information content (AvgIpc) is 2.47. The number of hydrogen-bond donors (Lipinski definition) is 0. The highest BCUT2D eigenvalue weighted by molar-refractivity contribution is 7.72. The molecule has 0 amide bonds. The molecule has 0 spiro atoms. The van der Waals surface area contributed by atoms with E-state index in [0.717, 1.165) is 12.8 Å². The molecule has 0 radical (unpaired) electrons. The summed E-state index contributed by atoms with van der Waals surface area (Å²) in [7, 11) is -7.20. The smallest absolute Gasteiger partial charge is 0.308 e. The molecule has 6 nitrogen and oxygen atoms in total. The minimum atomic E-state index is -3.60. The van der Waals surface area contributed by atoms with Crippen molar-refractivity contribution in [2.45, 2.75) is 58.8 Å². The van der Waals surface area contributed by atoms with E-state index < -0.39 is 20.6 Å². The summed E-state index contributed by atoms with van der Waals surface area (Å²) in [5.41, 5.74) is 0. The minimum absolute atomic E-state index is 0.207. The van der Waals surface area contributed by atoms with Crippen LogP contribution in [0.3, 0.4) is 0 Å². The van der Waals surface area contributed by atoms with Gasteiger partial charge in [0.1, 0.15) is 0 Å². The lowest BCUT2D eigenvalue weighted by Crippen LogP contribution is -2.18. The van der Waals surface area contributed by atoms with Gasteiger partial charge in [-0.25, -0.2) is 0 Å². The van der Waals surface area contributed by atoms with Crippen molar-refractivity contribution in [3.63, 3.8) is 0 Å². The third kappa shape index (κ3) is 7.64. The molecule has 0 aromatic heterocycles. The van der Waals surface area contributed by atoms with E-state index in [-0.39, 0.29) is 26.4 Å². The highest BCUT2D eigenvalue weighted by Crippen LogP contribution is 2.71. The molecule has 8 heteroatoms. The van der Waals surface area contributed by atoms with Gasteiger partial charge in [0.15, 0.2) is 5.40 Å². The second-order valence-corrected chi connectivity index (χ2v) is 9.65. The summed E-state index contributed by atoms with van der Waals surface area (Å²) in [6.45, 7) is 11.4. The fourth-order valence-electron chi connectivity index (χ4n) is 2.24. The van der Waals surface area contributed by atoms with Gasteiger partial charge in [-0.3, -0.25) is 9.13 Å². The van der Waals surface area contributed by atoms with Crippen molar-refractivity contribution in [2.75, 3.05) is 26.4 Å². The van der Waals surface area contributed by atoms with Crippen LogP contribution in [0.25, 0.3) is 0 Å². The molecule has 0 aliphatic rings. The molecule has 0 aromatic carbocycles. The van der Waals surface area contributed by atoms with E-state index >= 15 is 0 Å². The predicted octanol–water partition coefficient (Wildman–Crippen LogP) is 5.59. The Labute approximate surface area is 141 Å². The summed E-state index contributed by atoms with van der Waals surface area (Å²) in [6, 6.07) is 0. The van der Waals surface area contributed by atoms with E-state index in [4.69, 9.17) is 18.1 Å². The zero-order valence-electron chi connectivity index (χ0n) is 14.9. The van der Waals surface area contributed by atoms with E-state index in [0.29, 0.717) is 12.8 Å². The molecule has 23 heavy (non-hydrogen) atoms. The molecule has 0 saturated heterocycles. The van der Waals surface area contributed by atoms with Crippen molar-refractivity contribution in [3.8, 4) is 0 Å². The van der Waals surface area contributed by atoms with Crippen molar-refractivity contribution < 1.29 is 27.2 Å². The Balaban J connectivity index is 5.50. The van der Waals surface area contributed by atoms with Gasteiger partial charge in [0, 0.05) is 0 Å². The van der Waals surface area contributed by atoms with Crippen molar-refractivity contribution in [1.29, 1.82) is 0 Å². The van der Waals surface area contributed by atoms with Gasteiger partial charge in [0.2, 0.25) is 0 Å². The summed E-state index contributed by atoms with van der Waals surface area (Å²) >= 11 is 0. The van der Waals surface area contributed by atoms with Gasteiger partial charge in [0.05, 0.1) is 26.4 Å². The molecule has 138 valence electrons. The summed E-state index contributed by atoms with van der Waals surface area (Å²) in [4.78, 5) is 0. The molecule has 0 aliphatic heterocycles. The Morgan fingerprint density at radius 2 is 1.22 bits per heavy atom. The van der Waals surface area contributed by atoms with E-state index in [9.17, 15) is 9.13 Å². The first-order chi connectivity index (χ1) is 10.9. The first-order valence-corrected chi connectivity index (χ1v) is 11.5. The van der Waals surface area contributed by atoms with E-state index in [1.165, 1.54) is 0 Å². The Morgan fingerprint density at radius 3 is 1.52 bits per heavy atom. The average molecular weight is 370 g/mol. The Kier molecular flexibility index (Phi) is 12.4. The van der Waals surface area contributed by atoms with Crippen LogP contribution in [0.4, 0.5) is 0 Å². The predicted molar refractivity (Wildman–Crippen MR) is 94.2 cm³/mol. The van der Waals surface area contributed by atoms with Crippen LogP contribution in [-0.2, 0) is 27.2 Å². The van der Waals surface area contributed by atoms with Crippen molar-refractivity contribution in [1.82, 2.24) is 0 Å². The summed E-state index contributed by atoms with van der Waals surface area (Å²) in [5.74, 6) is 0. The normalized spacial score (nSPS) is 12.7. The van der Waals surface area contributed by atoms with Crippen molar-refractivity contribution >= 4 is 15.2 Å². The number of hydrogen-bond acceptors (Lipinski definition) is 6. The second kappa shape index (κ2) is 12.4. The maximum atomic E-state index is 13.2. The quantitative estimate of drug-likeness (QED) is 0.213. The van der Waals surface area contributed by atoms with Crippen LogP contribution < -0.4 is 0 Å². The van der Waals surface area contributed by atoms with Crippen LogP contribution in [0.1, 0.15) is 53.4 Å². The number of rotatable bonds is 15. The van der Waals surface area contributed by atoms with E-state index in [1.807, 2.05) is 6.08 Å². The molecular weight excluding hydrogens is 338 g/mol. The molecule has 0 atom stereocenters. The lowest BCUT2D eigenvalue weighted by Gasteiger charge is -2.31. The van der Waals surface area contributed by atoms with Gasteiger partial charge < -0.3 is 18.1 Å². The summed E-state index contributed by atoms with van der Waals surface area (Å²) in [5, 5.41) is -0.903. The monoisotopic (exact) mass is 370 g/mol. The fourth-order valence-corrected chi connectivity index (χ4v) is 7.70. The third-order valence-electron chi connectivity index (χ3n) is 3.09. The first kappa shape index (κ1) is 23.0. The van der Waals surface area contributed by atoms with Crippen LogP contribution >= 0.6 is 15.2 Å². The molecule has 0 bridgehead atoms. The van der Waals surface area contributed by atoms with Gasteiger partial charge in [-0.15, -0.1) is 6.58 Å². The van der Waals surface area contributed by atoms with Crippen molar-refractivity contribution in [2.24, 2.45) is 0 Å². The molecular formula is C15H32O6P2. The summed E-state index contributed by atoms with van der Waals surface area (Å²) in [6.07, 6.45) is 4.63. The molecule has 0 rings (SSSR count). The number of unbranched alkanes of at least 4 members (excludes halogenated alkanes) is 2. The molecule has 0 heterocycles. The largest absolute Gasteiger partial charge is 0.345 e. The molecule has 0 unspecified atom stereocenters. The zero-order valence-corrected chi connectivity index (χ0v) is 16.7. The molecule has 0 N–H and O–H groups in total. The molecule has 0 aliphatic carbocycles. The van der Waals surface area contributed by atoms with Crippen LogP contribution in [0.2, 0.25) is 0 Å². The first-order valence-electron chi connectivity index (χ1n) is 8.32. The maximum Gasteiger partial charge on any atom is 0.345 e. The third-order valence-corrected chi connectivity index (χ3v) is 9.23. The van der Waals surface area contributed by atoms with Gasteiger partial charge >= 0.3 is 15.2 Å². The molecule has 0 saturated carbocycles. The van der Waals surface area contributed by atoms with Gasteiger partial charge in [-0.05, 0) is 47.0 Å². The topological polar surface area (TPSA) is 71.1 Å². The lowest BCUT2D eigenvalue weighted by molar-refractivity contribution is 0.193. The maximum absolute atomic E-state index is 13.2. The Bertz CT molecular complexity index is 363. The Hall–Kier alpha value is 0.0400. The van der Waals surface area contributed by atoms with Crippen LogP contribution in [0, 0.1) is 0 Å². The van der Waals surface area contributed by atoms with Gasteiger partial charge in [-0.2, -0.15) is 0 Å². The van der Waals surface area contributed by atoms with E-state index in [1.54, 1.807) is 27.7 Å². The standard InChI is InChI=1S/C15H32O6P2/c1-6-11-12-13-14-15(22(16,18-7-2)19-8-3)23(17,20-9-4)21-10-5/h6,15H,1,7-14H2,2-5H3. The van der Waals surface area contributed by atoms with Crippen LogP contribution in [0.15, 0.2) is 12.7 Å². The fraction of sp³-hybridized carbons (Fsp3) is 0.867. The SMILES string of the molecule is C=CCCCCC(P(=O)(OCC)OCC)P(=O)(OCC)OCC. The summed E-state index contributed by atoms with van der Waals surface area (Å²) < 4.78 is 48.0. The number of allylic oxidation sites excluding steroid dienone is 1. The highest BCUT2D eigenvalue weighted by Gasteiger charge is 2.50. The molecule has 0 fully saturated rings.